The minimum absolute atomic E-state index is 0. The van der Waals surface area contributed by atoms with Crippen LogP contribution in [0.5, 0.6) is 0 Å². The van der Waals surface area contributed by atoms with E-state index in [1.807, 2.05) is 12.1 Å². The van der Waals surface area contributed by atoms with Crippen molar-refractivity contribution in [3.63, 3.8) is 0 Å². The van der Waals surface area contributed by atoms with Gasteiger partial charge in [-0.2, -0.15) is 0 Å². The molecule has 0 bridgehead atoms. The summed E-state index contributed by atoms with van der Waals surface area (Å²) in [6.07, 6.45) is 0. The minimum atomic E-state index is 0. The molecule has 0 aliphatic heterocycles. The summed E-state index contributed by atoms with van der Waals surface area (Å²) in [5.74, 6) is 0. The smallest absolute Gasteiger partial charge is 0.0184 e. The Labute approximate surface area is 126 Å². The molecule has 2 aromatic carbocycles. The number of halogens is 5. The topological polar surface area (TPSA) is 0 Å². The second-order valence-corrected chi connectivity index (χ2v) is 2.73. The molecule has 0 unspecified atom stereocenters. The fraction of sp³-hybridized carbons (Fsp3) is 0. The first kappa shape index (κ1) is 25.4. The van der Waals surface area contributed by atoms with Crippen molar-refractivity contribution in [2.24, 2.45) is 0 Å². The Balaban J connectivity index is -0.000000169. The van der Waals surface area contributed by atoms with Crippen LogP contribution in [0.4, 0.5) is 4.70 Å². The van der Waals surface area contributed by atoms with Crippen molar-refractivity contribution in [1.82, 2.24) is 0 Å². The molecule has 0 amide bonds. The van der Waals surface area contributed by atoms with Gasteiger partial charge in [0.2, 0.25) is 0 Å². The second-order valence-electron chi connectivity index (χ2n) is 2.73. The van der Waals surface area contributed by atoms with E-state index in [0.29, 0.717) is 0 Å². The first-order valence-corrected chi connectivity index (χ1v) is 4.07. The third-order valence-electron chi connectivity index (χ3n) is 1.88. The van der Waals surface area contributed by atoms with Crippen LogP contribution in [0.15, 0.2) is 60.7 Å². The Morgan fingerprint density at radius 3 is 0.882 bits per heavy atom. The maximum atomic E-state index is 2.12. The highest BCUT2D eigenvalue weighted by Gasteiger charge is 1.91. The van der Waals surface area contributed by atoms with E-state index < -0.39 is 0 Å². The monoisotopic (exact) mass is 318 g/mol. The molecule has 17 heavy (non-hydrogen) atoms. The Hall–Kier alpha value is -0.470. The lowest BCUT2D eigenvalue weighted by atomic mass is 10.1. The summed E-state index contributed by atoms with van der Waals surface area (Å²) in [7, 11) is 0. The van der Waals surface area contributed by atoms with E-state index in [9.17, 15) is 0 Å². The molecular weight excluding hydrogens is 305 g/mol. The van der Waals surface area contributed by atoms with E-state index in [1.165, 1.54) is 11.1 Å². The molecule has 0 saturated heterocycles. The van der Waals surface area contributed by atoms with Crippen LogP contribution in [0.2, 0.25) is 0 Å². The van der Waals surface area contributed by atoms with Crippen LogP contribution in [-0.2, 0) is 0 Å². The van der Waals surface area contributed by atoms with Crippen LogP contribution in [0.25, 0.3) is 11.1 Å². The maximum absolute atomic E-state index is 2.12. The average Bonchev–Trinajstić information content (AvgIpc) is 2.21. The van der Waals surface area contributed by atoms with Gasteiger partial charge in [-0.3, -0.25) is 4.70 Å². The lowest BCUT2D eigenvalue weighted by Gasteiger charge is -1.98. The van der Waals surface area contributed by atoms with Gasteiger partial charge in [-0.15, -0.1) is 49.6 Å². The van der Waals surface area contributed by atoms with Gasteiger partial charge in [0.15, 0.2) is 0 Å². The Morgan fingerprint density at radius 1 is 0.412 bits per heavy atom. The predicted octanol–water partition coefficient (Wildman–Crippen LogP) is 5.19. The van der Waals surface area contributed by atoms with E-state index in [4.69, 9.17) is 0 Å². The highest BCUT2D eigenvalue weighted by Crippen LogP contribution is 2.17. The summed E-state index contributed by atoms with van der Waals surface area (Å²) < 4.78 is 0. The van der Waals surface area contributed by atoms with Crippen LogP contribution < -0.4 is 0 Å². The van der Waals surface area contributed by atoms with Crippen LogP contribution in [0.3, 0.4) is 0 Å². The number of hydrogen-bond acceptors (Lipinski definition) is 0. The molecule has 0 aliphatic rings. The van der Waals surface area contributed by atoms with E-state index in [1.54, 1.807) is 0 Å². The van der Waals surface area contributed by atoms with Gasteiger partial charge in [0, 0.05) is 0 Å². The summed E-state index contributed by atoms with van der Waals surface area (Å²) in [5, 5.41) is 0. The van der Waals surface area contributed by atoms with Crippen LogP contribution in [0, 0.1) is 0 Å². The van der Waals surface area contributed by atoms with Crippen molar-refractivity contribution in [2.75, 3.05) is 0 Å². The third kappa shape index (κ3) is 7.45. The van der Waals surface area contributed by atoms with Gasteiger partial charge in [0.05, 0.1) is 0 Å². The van der Waals surface area contributed by atoms with Gasteiger partial charge in [0.1, 0.15) is 0 Å². The molecule has 0 N–H and O–H groups in total. The quantitative estimate of drug-likeness (QED) is 0.678. The Bertz CT molecular complexity index is 316. The van der Waals surface area contributed by atoms with Crippen LogP contribution in [-0.4, -0.2) is 0 Å². The molecule has 0 aromatic heterocycles. The molecule has 0 atom stereocenters. The van der Waals surface area contributed by atoms with Crippen molar-refractivity contribution < 1.29 is 4.70 Å². The number of rotatable bonds is 1. The van der Waals surface area contributed by atoms with Crippen LogP contribution in [0.1, 0.15) is 0 Å². The summed E-state index contributed by atoms with van der Waals surface area (Å²) in [5.41, 5.74) is 2.55. The van der Waals surface area contributed by atoms with E-state index >= 15 is 0 Å². The summed E-state index contributed by atoms with van der Waals surface area (Å²) >= 11 is 0. The lowest BCUT2D eigenvalue weighted by molar-refractivity contribution is 1.11. The number of benzene rings is 2. The summed E-state index contributed by atoms with van der Waals surface area (Å²) in [6, 6.07) is 20.8. The van der Waals surface area contributed by atoms with E-state index in [2.05, 4.69) is 48.5 Å². The van der Waals surface area contributed by atoms with Crippen molar-refractivity contribution in [1.29, 1.82) is 0 Å². The minimum Gasteiger partial charge on any atom is -0.269 e. The highest BCUT2D eigenvalue weighted by molar-refractivity contribution is 5.86. The van der Waals surface area contributed by atoms with Gasteiger partial charge in [-0.1, -0.05) is 60.7 Å². The van der Waals surface area contributed by atoms with Crippen molar-refractivity contribution >= 4 is 49.6 Å². The molecule has 0 spiro atoms. The summed E-state index contributed by atoms with van der Waals surface area (Å²) in [4.78, 5) is 0. The third-order valence-corrected chi connectivity index (χ3v) is 1.88. The molecule has 0 aliphatic carbocycles. The fourth-order valence-electron chi connectivity index (χ4n) is 1.26. The summed E-state index contributed by atoms with van der Waals surface area (Å²) in [6.45, 7) is 0. The molecule has 0 fully saturated rings. The molecule has 0 saturated carbocycles. The van der Waals surface area contributed by atoms with Gasteiger partial charge in [-0.05, 0) is 11.1 Å². The van der Waals surface area contributed by atoms with Gasteiger partial charge >= 0.3 is 0 Å². The van der Waals surface area contributed by atoms with E-state index in [0.717, 1.165) is 0 Å². The molecular formula is C12H15Cl4F. The fourth-order valence-corrected chi connectivity index (χ4v) is 1.26. The molecule has 0 heterocycles. The Kier molecular flexibility index (Phi) is 20.3. The van der Waals surface area contributed by atoms with Crippen molar-refractivity contribution in [2.45, 2.75) is 0 Å². The second kappa shape index (κ2) is 13.6. The van der Waals surface area contributed by atoms with Gasteiger partial charge in [-0.25, -0.2) is 0 Å². The Morgan fingerprint density at radius 2 is 0.647 bits per heavy atom. The predicted molar refractivity (Wildman–Crippen MR) is 83.4 cm³/mol. The van der Waals surface area contributed by atoms with Gasteiger partial charge in [0.25, 0.3) is 0 Å². The van der Waals surface area contributed by atoms with E-state index in [-0.39, 0.29) is 54.3 Å². The van der Waals surface area contributed by atoms with Crippen molar-refractivity contribution in [3.05, 3.63) is 60.7 Å². The zero-order chi connectivity index (χ0) is 8.23. The first-order chi connectivity index (χ1) is 5.97. The zero-order valence-electron chi connectivity index (χ0n) is 8.81. The number of hydrogen-bond donors (Lipinski definition) is 0. The molecule has 98 valence electrons. The van der Waals surface area contributed by atoms with Crippen LogP contribution >= 0.6 is 49.6 Å². The largest absolute Gasteiger partial charge is 0.269 e. The van der Waals surface area contributed by atoms with Crippen molar-refractivity contribution in [3.8, 4) is 11.1 Å². The normalized spacial score (nSPS) is 6.82. The molecule has 2 aromatic rings. The standard InChI is InChI=1S/C12H10.4ClH.FH/c1-3-7-11(8-4-1)12-9-5-2-6-10-12;;;;;/h1-10H;5*1H. The zero-order valence-corrected chi connectivity index (χ0v) is 12.1. The molecule has 5 heteroatoms. The first-order valence-electron chi connectivity index (χ1n) is 4.07. The molecule has 0 radical (unpaired) electrons. The molecule has 0 nitrogen and oxygen atoms in total. The highest BCUT2D eigenvalue weighted by atomic mass is 35.5. The average molecular weight is 320 g/mol. The van der Waals surface area contributed by atoms with Gasteiger partial charge < -0.3 is 0 Å². The SMILES string of the molecule is Cl.Cl.Cl.Cl.F.c1ccc(-c2ccccc2)cc1. The lowest BCUT2D eigenvalue weighted by Crippen LogP contribution is -1.73. The molecule has 2 rings (SSSR count). The maximum Gasteiger partial charge on any atom is -0.0184 e.